The van der Waals surface area contributed by atoms with E-state index < -0.39 is 11.9 Å². The van der Waals surface area contributed by atoms with Crippen molar-refractivity contribution in [1.29, 1.82) is 0 Å². The van der Waals surface area contributed by atoms with E-state index in [1.54, 1.807) is 19.4 Å². The van der Waals surface area contributed by atoms with E-state index in [0.29, 0.717) is 6.54 Å². The zero-order chi connectivity index (χ0) is 15.1. The van der Waals surface area contributed by atoms with Crippen molar-refractivity contribution >= 4 is 12.0 Å². The van der Waals surface area contributed by atoms with Crippen LogP contribution in [-0.4, -0.2) is 40.6 Å². The maximum atomic E-state index is 11.9. The van der Waals surface area contributed by atoms with Gasteiger partial charge in [0.05, 0.1) is 5.92 Å². The number of aliphatic carboxylic acids is 1. The maximum absolute atomic E-state index is 11.9. The zero-order valence-corrected chi connectivity index (χ0v) is 12.0. The topological polar surface area (TPSA) is 82.5 Å². The molecule has 6 nitrogen and oxygen atoms in total. The second-order valence-corrected chi connectivity index (χ2v) is 5.09. The number of hydrogen-bond donors (Lipinski definition) is 2. The van der Waals surface area contributed by atoms with Gasteiger partial charge in [-0.05, 0) is 23.6 Å². The summed E-state index contributed by atoms with van der Waals surface area (Å²) < 4.78 is 0. The van der Waals surface area contributed by atoms with Gasteiger partial charge in [-0.2, -0.15) is 0 Å². The second kappa shape index (κ2) is 7.47. The number of nitrogens with zero attached hydrogens (tertiary/aromatic N) is 2. The third-order valence-electron chi connectivity index (χ3n) is 3.11. The molecule has 0 fully saturated rings. The van der Waals surface area contributed by atoms with Crippen LogP contribution in [0.15, 0.2) is 24.5 Å². The molecule has 0 aliphatic carbocycles. The molecule has 1 aromatic heterocycles. The van der Waals surface area contributed by atoms with Gasteiger partial charge in [0.1, 0.15) is 0 Å². The third kappa shape index (κ3) is 4.87. The summed E-state index contributed by atoms with van der Waals surface area (Å²) >= 11 is 0. The van der Waals surface area contributed by atoms with Crippen LogP contribution in [0.25, 0.3) is 0 Å². The molecule has 1 rings (SSSR count). The lowest BCUT2D eigenvalue weighted by Gasteiger charge is -2.21. The van der Waals surface area contributed by atoms with Crippen molar-refractivity contribution in [2.24, 2.45) is 11.8 Å². The van der Waals surface area contributed by atoms with Crippen LogP contribution < -0.4 is 5.32 Å². The first-order chi connectivity index (χ1) is 9.41. The molecule has 1 atom stereocenters. The lowest BCUT2D eigenvalue weighted by atomic mass is 9.96. The summed E-state index contributed by atoms with van der Waals surface area (Å²) in [5.41, 5.74) is 0.969. The molecule has 1 heterocycles. The van der Waals surface area contributed by atoms with Crippen molar-refractivity contribution in [2.75, 3.05) is 13.6 Å². The van der Waals surface area contributed by atoms with Gasteiger partial charge in [0.25, 0.3) is 0 Å². The largest absolute Gasteiger partial charge is 0.481 e. The molecular weight excluding hydrogens is 258 g/mol. The van der Waals surface area contributed by atoms with Crippen LogP contribution in [0.4, 0.5) is 4.79 Å². The number of amides is 2. The highest BCUT2D eigenvalue weighted by atomic mass is 16.4. The van der Waals surface area contributed by atoms with Crippen LogP contribution in [0.1, 0.15) is 19.4 Å². The highest BCUT2D eigenvalue weighted by Crippen LogP contribution is 2.10. The molecular formula is C14H21N3O3. The Morgan fingerprint density at radius 1 is 1.35 bits per heavy atom. The highest BCUT2D eigenvalue weighted by Gasteiger charge is 2.22. The smallest absolute Gasteiger partial charge is 0.317 e. The highest BCUT2D eigenvalue weighted by molar-refractivity contribution is 5.75. The van der Waals surface area contributed by atoms with Crippen LogP contribution in [0.3, 0.4) is 0 Å². The number of hydrogen-bond acceptors (Lipinski definition) is 3. The Morgan fingerprint density at radius 3 is 2.45 bits per heavy atom. The minimum absolute atomic E-state index is 0.0293. The Morgan fingerprint density at radius 2 is 1.95 bits per heavy atom. The predicted molar refractivity (Wildman–Crippen MR) is 75.1 cm³/mol. The molecule has 0 saturated heterocycles. The zero-order valence-electron chi connectivity index (χ0n) is 12.0. The fraction of sp³-hybridized carbons (Fsp3) is 0.500. The van der Waals surface area contributed by atoms with Crippen molar-refractivity contribution in [3.63, 3.8) is 0 Å². The van der Waals surface area contributed by atoms with Crippen LogP contribution in [0.2, 0.25) is 0 Å². The molecule has 1 aromatic rings. The molecule has 0 bridgehead atoms. The fourth-order valence-corrected chi connectivity index (χ4v) is 1.77. The quantitative estimate of drug-likeness (QED) is 0.828. The number of pyridine rings is 1. The fourth-order valence-electron chi connectivity index (χ4n) is 1.77. The molecule has 0 aliphatic heterocycles. The monoisotopic (exact) mass is 279 g/mol. The summed E-state index contributed by atoms with van der Waals surface area (Å²) in [7, 11) is 1.67. The van der Waals surface area contributed by atoms with Gasteiger partial charge in [-0.1, -0.05) is 13.8 Å². The van der Waals surface area contributed by atoms with Gasteiger partial charge in [-0.15, -0.1) is 0 Å². The van der Waals surface area contributed by atoms with E-state index >= 15 is 0 Å². The van der Waals surface area contributed by atoms with E-state index in [9.17, 15) is 9.59 Å². The lowest BCUT2D eigenvalue weighted by molar-refractivity contribution is -0.142. The first-order valence-corrected chi connectivity index (χ1v) is 6.52. The van der Waals surface area contributed by atoms with Crippen LogP contribution >= 0.6 is 0 Å². The van der Waals surface area contributed by atoms with Crippen LogP contribution in [0, 0.1) is 11.8 Å². The van der Waals surface area contributed by atoms with Crippen LogP contribution in [-0.2, 0) is 11.3 Å². The molecule has 2 amide bonds. The lowest BCUT2D eigenvalue weighted by Crippen LogP contribution is -2.41. The van der Waals surface area contributed by atoms with Gasteiger partial charge in [0, 0.05) is 32.5 Å². The maximum Gasteiger partial charge on any atom is 0.317 e. The Kier molecular flexibility index (Phi) is 5.96. The number of carboxylic acids is 1. The molecule has 6 heteroatoms. The number of rotatable bonds is 6. The minimum Gasteiger partial charge on any atom is -0.481 e. The van der Waals surface area contributed by atoms with E-state index in [1.165, 1.54) is 4.90 Å². The summed E-state index contributed by atoms with van der Waals surface area (Å²) in [5.74, 6) is -1.50. The normalized spacial score (nSPS) is 12.0. The van der Waals surface area contributed by atoms with E-state index in [4.69, 9.17) is 5.11 Å². The van der Waals surface area contributed by atoms with Gasteiger partial charge < -0.3 is 15.3 Å². The summed E-state index contributed by atoms with van der Waals surface area (Å²) in [6.07, 6.45) is 3.33. The van der Waals surface area contributed by atoms with Crippen molar-refractivity contribution in [3.05, 3.63) is 30.1 Å². The average Bonchev–Trinajstić information content (AvgIpc) is 2.38. The first kappa shape index (κ1) is 15.9. The number of carbonyl (C=O) groups excluding carboxylic acids is 1. The van der Waals surface area contributed by atoms with E-state index in [2.05, 4.69) is 10.3 Å². The van der Waals surface area contributed by atoms with Crippen molar-refractivity contribution in [1.82, 2.24) is 15.2 Å². The van der Waals surface area contributed by atoms with E-state index in [1.807, 2.05) is 26.0 Å². The molecule has 0 aliphatic rings. The number of nitrogens with one attached hydrogen (secondary N) is 1. The first-order valence-electron chi connectivity index (χ1n) is 6.52. The predicted octanol–water partition coefficient (Wildman–Crippen LogP) is 1.58. The number of carbonyl (C=O) groups is 2. The standard InChI is InChI=1S/C14H21N3O3/c1-10(2)12(13(18)19)8-16-14(20)17(3)9-11-4-6-15-7-5-11/h4-7,10,12H,8-9H2,1-3H3,(H,16,20)(H,18,19). The van der Waals surface area contributed by atoms with Gasteiger partial charge in [-0.3, -0.25) is 9.78 Å². The minimum atomic E-state index is -0.892. The second-order valence-electron chi connectivity index (χ2n) is 5.09. The molecule has 110 valence electrons. The molecule has 0 radical (unpaired) electrons. The number of aromatic nitrogens is 1. The van der Waals surface area contributed by atoms with Gasteiger partial charge in [-0.25, -0.2) is 4.79 Å². The average molecular weight is 279 g/mol. The van der Waals surface area contributed by atoms with Gasteiger partial charge in [0.2, 0.25) is 0 Å². The number of carboxylic acid groups (broad SMARTS) is 1. The van der Waals surface area contributed by atoms with Gasteiger partial charge >= 0.3 is 12.0 Å². The Hall–Kier alpha value is -2.11. The van der Waals surface area contributed by atoms with Crippen molar-refractivity contribution < 1.29 is 14.7 Å². The summed E-state index contributed by atoms with van der Waals surface area (Å²) in [6.45, 7) is 4.23. The molecule has 20 heavy (non-hydrogen) atoms. The van der Waals surface area contributed by atoms with Crippen LogP contribution in [0.5, 0.6) is 0 Å². The Bertz CT molecular complexity index is 448. The molecule has 0 spiro atoms. The number of urea groups is 1. The van der Waals surface area contributed by atoms with E-state index in [-0.39, 0.29) is 18.5 Å². The Labute approximate surface area is 118 Å². The van der Waals surface area contributed by atoms with E-state index in [0.717, 1.165) is 5.56 Å². The molecule has 0 saturated carbocycles. The molecule has 1 unspecified atom stereocenters. The summed E-state index contributed by atoms with van der Waals surface area (Å²) in [5, 5.41) is 11.7. The Balaban J connectivity index is 2.48. The molecule has 2 N–H and O–H groups in total. The third-order valence-corrected chi connectivity index (χ3v) is 3.11. The van der Waals surface area contributed by atoms with Gasteiger partial charge in [0.15, 0.2) is 0 Å². The van der Waals surface area contributed by atoms with Crippen molar-refractivity contribution in [3.8, 4) is 0 Å². The van der Waals surface area contributed by atoms with Crippen molar-refractivity contribution in [2.45, 2.75) is 20.4 Å². The summed E-state index contributed by atoms with van der Waals surface area (Å²) in [4.78, 5) is 28.4. The molecule has 0 aromatic carbocycles. The SMILES string of the molecule is CC(C)C(CNC(=O)N(C)Cc1ccncc1)C(=O)O. The summed E-state index contributed by atoms with van der Waals surface area (Å²) in [6, 6.07) is 3.38.